The molecule has 1 aromatic rings. The number of likely N-dealkylation sites (tertiary alicyclic amines) is 1. The molecule has 1 heterocycles. The van der Waals surface area contributed by atoms with Gasteiger partial charge in [0.05, 0.1) is 22.8 Å². The van der Waals surface area contributed by atoms with Crippen LogP contribution in [0.4, 0.5) is 5.69 Å². The van der Waals surface area contributed by atoms with Crippen LogP contribution >= 0.6 is 11.8 Å². The van der Waals surface area contributed by atoms with Crippen molar-refractivity contribution < 1.29 is 14.5 Å². The van der Waals surface area contributed by atoms with E-state index in [0.29, 0.717) is 18.8 Å². The molecule has 0 radical (unpaired) electrons. The maximum Gasteiger partial charge on any atom is 0.269 e. The summed E-state index contributed by atoms with van der Waals surface area (Å²) in [6.45, 7) is 1.19. The van der Waals surface area contributed by atoms with E-state index in [-0.39, 0.29) is 22.4 Å². The highest BCUT2D eigenvalue weighted by molar-refractivity contribution is 8.01. The van der Waals surface area contributed by atoms with Crippen molar-refractivity contribution in [2.24, 2.45) is 0 Å². The van der Waals surface area contributed by atoms with Crippen molar-refractivity contribution >= 4 is 23.4 Å². The van der Waals surface area contributed by atoms with E-state index in [4.69, 9.17) is 4.74 Å². The fourth-order valence-electron chi connectivity index (χ4n) is 2.42. The maximum absolute atomic E-state index is 12.2. The Hall–Kier alpha value is -1.76. The molecule has 6 nitrogen and oxygen atoms in total. The van der Waals surface area contributed by atoms with Crippen LogP contribution in [-0.2, 0) is 4.79 Å². The van der Waals surface area contributed by atoms with E-state index in [1.54, 1.807) is 23.9 Å². The second kappa shape index (κ2) is 5.22. The third kappa shape index (κ3) is 2.70. The molecule has 1 aromatic carbocycles. The lowest BCUT2D eigenvalue weighted by Gasteiger charge is -2.40. The minimum Gasteiger partial charge on any atom is -0.487 e. The van der Waals surface area contributed by atoms with Crippen molar-refractivity contribution in [1.82, 2.24) is 4.90 Å². The molecule has 1 aliphatic carbocycles. The summed E-state index contributed by atoms with van der Waals surface area (Å²) in [5.74, 6) is 0.822. The molecule has 0 bridgehead atoms. The Balaban J connectivity index is 1.51. The zero-order chi connectivity index (χ0) is 15.0. The van der Waals surface area contributed by atoms with Gasteiger partial charge in [0.15, 0.2) is 0 Å². The summed E-state index contributed by atoms with van der Waals surface area (Å²) in [4.78, 5) is 24.2. The molecule has 0 N–H and O–H groups in total. The molecule has 0 unspecified atom stereocenters. The van der Waals surface area contributed by atoms with Crippen molar-refractivity contribution in [1.29, 1.82) is 0 Å². The molecule has 3 rings (SSSR count). The number of nitro groups is 1. The van der Waals surface area contributed by atoms with Crippen molar-refractivity contribution in [3.63, 3.8) is 0 Å². The largest absolute Gasteiger partial charge is 0.487 e. The Morgan fingerprint density at radius 2 is 2.00 bits per heavy atom. The number of nitro benzene ring substituents is 1. The number of ether oxygens (including phenoxy) is 1. The van der Waals surface area contributed by atoms with Gasteiger partial charge in [-0.25, -0.2) is 0 Å². The third-order valence-corrected chi connectivity index (χ3v) is 5.33. The molecule has 2 aliphatic rings. The van der Waals surface area contributed by atoms with Gasteiger partial charge in [-0.2, -0.15) is 0 Å². The van der Waals surface area contributed by atoms with E-state index in [9.17, 15) is 14.9 Å². The number of thioether (sulfide) groups is 1. The second-order valence-electron chi connectivity index (χ2n) is 5.40. The Morgan fingerprint density at radius 3 is 2.48 bits per heavy atom. The molecule has 2 fully saturated rings. The summed E-state index contributed by atoms with van der Waals surface area (Å²) in [6, 6.07) is 6.02. The number of rotatable bonds is 5. The second-order valence-corrected chi connectivity index (χ2v) is 6.59. The summed E-state index contributed by atoms with van der Waals surface area (Å²) in [6.07, 6.45) is 3.90. The number of hydrogen-bond acceptors (Lipinski definition) is 5. The molecular formula is C14H16N2O4S. The standard InChI is InChI=1S/C14H16N2O4S/c1-21-14(6-7-14)13(17)15-8-12(9-15)20-11-4-2-10(3-5-11)16(18)19/h2-5,12H,6-9H2,1H3. The van der Waals surface area contributed by atoms with Crippen LogP contribution in [0.3, 0.4) is 0 Å². The molecule has 0 atom stereocenters. The van der Waals surface area contributed by atoms with Gasteiger partial charge in [0.1, 0.15) is 11.9 Å². The summed E-state index contributed by atoms with van der Waals surface area (Å²) in [7, 11) is 0. The first-order valence-corrected chi connectivity index (χ1v) is 8.02. The molecular weight excluding hydrogens is 292 g/mol. The number of hydrogen-bond donors (Lipinski definition) is 0. The molecule has 0 aromatic heterocycles. The molecule has 1 saturated heterocycles. The number of carbonyl (C=O) groups excluding carboxylic acids is 1. The fourth-order valence-corrected chi connectivity index (χ4v) is 3.24. The van der Waals surface area contributed by atoms with E-state index in [1.165, 1.54) is 12.1 Å². The van der Waals surface area contributed by atoms with Crippen LogP contribution in [0.15, 0.2) is 24.3 Å². The highest BCUT2D eigenvalue weighted by Gasteiger charge is 2.53. The molecule has 1 amide bonds. The molecule has 112 valence electrons. The summed E-state index contributed by atoms with van der Waals surface area (Å²) in [5, 5.41) is 10.6. The monoisotopic (exact) mass is 308 g/mol. The van der Waals surface area contributed by atoms with E-state index in [2.05, 4.69) is 0 Å². The number of non-ortho nitro benzene ring substituents is 1. The van der Waals surface area contributed by atoms with Crippen molar-refractivity contribution in [2.75, 3.05) is 19.3 Å². The summed E-state index contributed by atoms with van der Waals surface area (Å²) in [5.41, 5.74) is 0.0448. The first-order valence-electron chi connectivity index (χ1n) is 6.80. The first-order chi connectivity index (χ1) is 10.0. The normalized spacial score (nSPS) is 19.8. The van der Waals surface area contributed by atoms with Gasteiger partial charge in [-0.3, -0.25) is 14.9 Å². The fraction of sp³-hybridized carbons (Fsp3) is 0.500. The first kappa shape index (κ1) is 14.2. The van der Waals surface area contributed by atoms with Gasteiger partial charge in [0.2, 0.25) is 5.91 Å². The van der Waals surface area contributed by atoms with Crippen molar-refractivity contribution in [3.8, 4) is 5.75 Å². The van der Waals surface area contributed by atoms with Gasteiger partial charge < -0.3 is 9.64 Å². The van der Waals surface area contributed by atoms with Crippen LogP contribution in [-0.4, -0.2) is 45.9 Å². The van der Waals surface area contributed by atoms with Gasteiger partial charge >= 0.3 is 0 Å². The topological polar surface area (TPSA) is 72.7 Å². The predicted molar refractivity (Wildman–Crippen MR) is 79.6 cm³/mol. The van der Waals surface area contributed by atoms with Gasteiger partial charge in [-0.15, -0.1) is 11.8 Å². The highest BCUT2D eigenvalue weighted by atomic mass is 32.2. The van der Waals surface area contributed by atoms with E-state index < -0.39 is 4.92 Å². The van der Waals surface area contributed by atoms with Crippen LogP contribution in [0.25, 0.3) is 0 Å². The zero-order valence-electron chi connectivity index (χ0n) is 11.7. The number of nitrogens with zero attached hydrogens (tertiary/aromatic N) is 2. The van der Waals surface area contributed by atoms with Crippen LogP contribution in [0.2, 0.25) is 0 Å². The van der Waals surface area contributed by atoms with Gasteiger partial charge in [0, 0.05) is 12.1 Å². The maximum atomic E-state index is 12.2. The molecule has 7 heteroatoms. The molecule has 21 heavy (non-hydrogen) atoms. The number of amides is 1. The van der Waals surface area contributed by atoms with Crippen LogP contribution in [0.1, 0.15) is 12.8 Å². The van der Waals surface area contributed by atoms with E-state index in [0.717, 1.165) is 12.8 Å². The van der Waals surface area contributed by atoms with Crippen LogP contribution in [0.5, 0.6) is 5.75 Å². The lowest BCUT2D eigenvalue weighted by molar-refractivity contribution is -0.384. The Morgan fingerprint density at radius 1 is 1.38 bits per heavy atom. The molecule has 1 aliphatic heterocycles. The molecule has 0 spiro atoms. The molecule has 1 saturated carbocycles. The van der Waals surface area contributed by atoms with Crippen molar-refractivity contribution in [3.05, 3.63) is 34.4 Å². The highest BCUT2D eigenvalue weighted by Crippen LogP contribution is 2.49. The van der Waals surface area contributed by atoms with Gasteiger partial charge in [-0.1, -0.05) is 0 Å². The predicted octanol–water partition coefficient (Wildman–Crippen LogP) is 2.08. The van der Waals surface area contributed by atoms with Crippen LogP contribution in [0, 0.1) is 10.1 Å². The lowest BCUT2D eigenvalue weighted by atomic mass is 10.1. The van der Waals surface area contributed by atoms with Gasteiger partial charge in [0.25, 0.3) is 5.69 Å². The average molecular weight is 308 g/mol. The van der Waals surface area contributed by atoms with Crippen molar-refractivity contribution in [2.45, 2.75) is 23.7 Å². The third-order valence-electron chi connectivity index (χ3n) is 3.97. The lowest BCUT2D eigenvalue weighted by Crippen LogP contribution is -2.58. The Bertz CT molecular complexity index is 565. The Labute approximate surface area is 126 Å². The smallest absolute Gasteiger partial charge is 0.269 e. The summed E-state index contributed by atoms with van der Waals surface area (Å²) >= 11 is 1.64. The Kier molecular flexibility index (Phi) is 3.52. The number of benzene rings is 1. The quantitative estimate of drug-likeness (QED) is 0.615. The minimum atomic E-state index is -0.439. The van der Waals surface area contributed by atoms with Crippen LogP contribution < -0.4 is 4.74 Å². The van der Waals surface area contributed by atoms with Gasteiger partial charge in [-0.05, 0) is 31.2 Å². The zero-order valence-corrected chi connectivity index (χ0v) is 12.5. The average Bonchev–Trinajstić information content (AvgIpc) is 3.23. The van der Waals surface area contributed by atoms with E-state index in [1.807, 2.05) is 11.2 Å². The summed E-state index contributed by atoms with van der Waals surface area (Å²) < 4.78 is 5.54. The minimum absolute atomic E-state index is 0.0203. The number of carbonyl (C=O) groups is 1. The SMILES string of the molecule is CSC1(C(=O)N2CC(Oc3ccc([N+](=O)[O-])cc3)C2)CC1. The van der Waals surface area contributed by atoms with E-state index >= 15 is 0 Å².